The number of piperidine rings is 1. The molecule has 1 fully saturated rings. The molecule has 1 aliphatic rings. The van der Waals surface area contributed by atoms with Gasteiger partial charge in [-0.05, 0) is 49.9 Å². The molecule has 0 radical (unpaired) electrons. The van der Waals surface area contributed by atoms with Crippen LogP contribution in [0.2, 0.25) is 5.02 Å². The van der Waals surface area contributed by atoms with E-state index in [0.717, 1.165) is 31.6 Å². The molecule has 0 bridgehead atoms. The van der Waals surface area contributed by atoms with E-state index in [1.54, 1.807) is 12.1 Å². The number of para-hydroxylation sites is 1. The van der Waals surface area contributed by atoms with Gasteiger partial charge in [0.1, 0.15) is 0 Å². The molecule has 0 unspecified atom stereocenters. The third kappa shape index (κ3) is 5.33. The van der Waals surface area contributed by atoms with Gasteiger partial charge in [0, 0.05) is 30.9 Å². The van der Waals surface area contributed by atoms with Crippen molar-refractivity contribution in [2.24, 2.45) is 5.92 Å². The van der Waals surface area contributed by atoms with E-state index in [-0.39, 0.29) is 23.9 Å². The SMILES string of the molecule is CC(C)[C@H](C)NC(=O)c1ccccc1N1CCC(NC(=O)c2ccccc2Cl)CC1. The molecule has 5 nitrogen and oxygen atoms in total. The zero-order chi connectivity index (χ0) is 21.7. The summed E-state index contributed by atoms with van der Waals surface area (Å²) in [6.45, 7) is 7.77. The molecule has 0 spiro atoms. The fourth-order valence-electron chi connectivity index (χ4n) is 3.57. The van der Waals surface area contributed by atoms with Crippen molar-refractivity contribution in [1.82, 2.24) is 10.6 Å². The van der Waals surface area contributed by atoms with Gasteiger partial charge >= 0.3 is 0 Å². The van der Waals surface area contributed by atoms with Crippen molar-refractivity contribution in [2.75, 3.05) is 18.0 Å². The number of rotatable bonds is 6. The summed E-state index contributed by atoms with van der Waals surface area (Å²) in [4.78, 5) is 27.6. The minimum Gasteiger partial charge on any atom is -0.371 e. The quantitative estimate of drug-likeness (QED) is 0.712. The molecule has 2 aromatic rings. The van der Waals surface area contributed by atoms with Gasteiger partial charge < -0.3 is 15.5 Å². The maximum atomic E-state index is 12.8. The van der Waals surface area contributed by atoms with Crippen molar-refractivity contribution in [3.05, 3.63) is 64.7 Å². The van der Waals surface area contributed by atoms with Crippen LogP contribution in [-0.4, -0.2) is 37.0 Å². The second-order valence-electron chi connectivity index (χ2n) is 8.24. The van der Waals surface area contributed by atoms with Gasteiger partial charge in [-0.2, -0.15) is 0 Å². The molecule has 1 atom stereocenters. The van der Waals surface area contributed by atoms with Gasteiger partial charge in [0.05, 0.1) is 16.1 Å². The van der Waals surface area contributed by atoms with Crippen LogP contribution in [0.1, 0.15) is 54.3 Å². The van der Waals surface area contributed by atoms with Gasteiger partial charge in [-0.25, -0.2) is 0 Å². The highest BCUT2D eigenvalue weighted by Crippen LogP contribution is 2.25. The van der Waals surface area contributed by atoms with Gasteiger partial charge in [0.15, 0.2) is 0 Å². The number of hydrogen-bond donors (Lipinski definition) is 2. The van der Waals surface area contributed by atoms with Crippen LogP contribution < -0.4 is 15.5 Å². The first kappa shape index (κ1) is 22.2. The van der Waals surface area contributed by atoms with Gasteiger partial charge in [-0.1, -0.05) is 49.7 Å². The smallest absolute Gasteiger partial charge is 0.253 e. The number of amides is 2. The molecule has 0 saturated carbocycles. The van der Waals surface area contributed by atoms with E-state index < -0.39 is 0 Å². The molecule has 3 rings (SSSR count). The van der Waals surface area contributed by atoms with Crippen LogP contribution in [0.15, 0.2) is 48.5 Å². The Kier molecular flexibility index (Phi) is 7.38. The summed E-state index contributed by atoms with van der Waals surface area (Å²) in [6, 6.07) is 15.0. The number of nitrogens with one attached hydrogen (secondary N) is 2. The van der Waals surface area contributed by atoms with E-state index in [0.29, 0.717) is 22.1 Å². The number of carbonyl (C=O) groups is 2. The van der Waals surface area contributed by atoms with Crippen LogP contribution in [0.5, 0.6) is 0 Å². The highest BCUT2D eigenvalue weighted by Gasteiger charge is 2.25. The average Bonchev–Trinajstić information content (AvgIpc) is 2.74. The van der Waals surface area contributed by atoms with Crippen LogP contribution in [0.4, 0.5) is 5.69 Å². The first-order valence-electron chi connectivity index (χ1n) is 10.6. The van der Waals surface area contributed by atoms with E-state index in [4.69, 9.17) is 11.6 Å². The molecule has 160 valence electrons. The minimum absolute atomic E-state index is 0.0408. The monoisotopic (exact) mass is 427 g/mol. The molecule has 30 heavy (non-hydrogen) atoms. The molecule has 0 aromatic heterocycles. The molecule has 1 heterocycles. The van der Waals surface area contributed by atoms with Crippen molar-refractivity contribution < 1.29 is 9.59 Å². The third-order valence-corrected chi connectivity index (χ3v) is 6.13. The highest BCUT2D eigenvalue weighted by atomic mass is 35.5. The molecule has 6 heteroatoms. The summed E-state index contributed by atoms with van der Waals surface area (Å²) in [6.07, 6.45) is 1.63. The summed E-state index contributed by atoms with van der Waals surface area (Å²) in [7, 11) is 0. The summed E-state index contributed by atoms with van der Waals surface area (Å²) < 4.78 is 0. The zero-order valence-electron chi connectivity index (χ0n) is 17.8. The highest BCUT2D eigenvalue weighted by molar-refractivity contribution is 6.33. The van der Waals surface area contributed by atoms with Gasteiger partial charge in [-0.15, -0.1) is 0 Å². The van der Waals surface area contributed by atoms with Crippen molar-refractivity contribution in [2.45, 2.75) is 45.7 Å². The fourth-order valence-corrected chi connectivity index (χ4v) is 3.79. The van der Waals surface area contributed by atoms with E-state index >= 15 is 0 Å². The normalized spacial score (nSPS) is 15.7. The van der Waals surface area contributed by atoms with Crippen molar-refractivity contribution in [3.8, 4) is 0 Å². The number of hydrogen-bond acceptors (Lipinski definition) is 3. The Morgan fingerprint density at radius 3 is 2.17 bits per heavy atom. The Morgan fingerprint density at radius 1 is 0.933 bits per heavy atom. The van der Waals surface area contributed by atoms with Crippen LogP contribution in [0, 0.1) is 5.92 Å². The summed E-state index contributed by atoms with van der Waals surface area (Å²) in [5.74, 6) is 0.195. The number of benzene rings is 2. The summed E-state index contributed by atoms with van der Waals surface area (Å²) >= 11 is 6.14. The summed E-state index contributed by atoms with van der Waals surface area (Å²) in [5, 5.41) is 6.65. The molecular formula is C24H30ClN3O2. The molecule has 0 aliphatic carbocycles. The number of halogens is 1. The van der Waals surface area contributed by atoms with Gasteiger partial charge in [-0.3, -0.25) is 9.59 Å². The molecular weight excluding hydrogens is 398 g/mol. The van der Waals surface area contributed by atoms with E-state index in [9.17, 15) is 9.59 Å². The topological polar surface area (TPSA) is 61.4 Å². The Bertz CT molecular complexity index is 892. The molecule has 2 aromatic carbocycles. The lowest BCUT2D eigenvalue weighted by Gasteiger charge is -2.35. The lowest BCUT2D eigenvalue weighted by molar-refractivity contribution is 0.0925. The number of carbonyl (C=O) groups excluding carboxylic acids is 2. The standard InChI is InChI=1S/C24H30ClN3O2/c1-16(2)17(3)26-24(30)20-9-5-7-11-22(20)28-14-12-18(13-15-28)27-23(29)19-8-4-6-10-21(19)25/h4-11,16-18H,12-15H2,1-3H3,(H,26,30)(H,27,29)/t17-/m0/s1. The predicted molar refractivity (Wildman–Crippen MR) is 122 cm³/mol. The lowest BCUT2D eigenvalue weighted by Crippen LogP contribution is -2.45. The van der Waals surface area contributed by atoms with Crippen molar-refractivity contribution >= 4 is 29.1 Å². The molecule has 2 N–H and O–H groups in total. The number of nitrogens with zero attached hydrogens (tertiary/aromatic N) is 1. The second kappa shape index (κ2) is 9.98. The van der Waals surface area contributed by atoms with Crippen LogP contribution in [0.25, 0.3) is 0 Å². The minimum atomic E-state index is -0.137. The third-order valence-electron chi connectivity index (χ3n) is 5.80. The fraction of sp³-hybridized carbons (Fsp3) is 0.417. The lowest BCUT2D eigenvalue weighted by atomic mass is 10.0. The predicted octanol–water partition coefficient (Wildman–Crippen LogP) is 4.51. The van der Waals surface area contributed by atoms with Gasteiger partial charge in [0.2, 0.25) is 0 Å². The average molecular weight is 428 g/mol. The first-order chi connectivity index (χ1) is 14.4. The van der Waals surface area contributed by atoms with E-state index in [2.05, 4.69) is 29.4 Å². The van der Waals surface area contributed by atoms with Gasteiger partial charge in [0.25, 0.3) is 11.8 Å². The molecule has 2 amide bonds. The first-order valence-corrected chi connectivity index (χ1v) is 10.9. The second-order valence-corrected chi connectivity index (χ2v) is 8.65. The maximum Gasteiger partial charge on any atom is 0.253 e. The van der Waals surface area contributed by atoms with Crippen LogP contribution in [0.3, 0.4) is 0 Å². The largest absolute Gasteiger partial charge is 0.371 e. The van der Waals surface area contributed by atoms with E-state index in [1.807, 2.05) is 43.3 Å². The van der Waals surface area contributed by atoms with Crippen molar-refractivity contribution in [3.63, 3.8) is 0 Å². The van der Waals surface area contributed by atoms with Crippen molar-refractivity contribution in [1.29, 1.82) is 0 Å². The maximum absolute atomic E-state index is 12.8. The summed E-state index contributed by atoms with van der Waals surface area (Å²) in [5.41, 5.74) is 2.15. The molecule has 1 aliphatic heterocycles. The zero-order valence-corrected chi connectivity index (χ0v) is 18.6. The Balaban J connectivity index is 1.62. The Labute approximate surface area is 183 Å². The van der Waals surface area contributed by atoms with E-state index in [1.165, 1.54) is 0 Å². The van der Waals surface area contributed by atoms with Crippen LogP contribution >= 0.6 is 11.6 Å². The number of anilines is 1. The Hall–Kier alpha value is -2.53. The molecule has 1 saturated heterocycles. The Morgan fingerprint density at radius 2 is 1.53 bits per heavy atom. The van der Waals surface area contributed by atoms with Crippen LogP contribution in [-0.2, 0) is 0 Å².